The fraction of sp³-hybridized carbons (Fsp3) is 0.385. The zero-order valence-corrected chi connectivity index (χ0v) is 10.6. The van der Waals surface area contributed by atoms with Crippen LogP contribution in [0, 0.1) is 13.8 Å². The summed E-state index contributed by atoms with van der Waals surface area (Å²) in [7, 11) is 0. The summed E-state index contributed by atoms with van der Waals surface area (Å²) in [6.07, 6.45) is -1.12. The normalized spacial score (nSPS) is 11.9. The summed E-state index contributed by atoms with van der Waals surface area (Å²) < 4.78 is 0. The predicted octanol–water partition coefficient (Wildman–Crippen LogP) is -0.192. The summed E-state index contributed by atoms with van der Waals surface area (Å²) in [5.41, 5.74) is 8.06. The van der Waals surface area contributed by atoms with Gasteiger partial charge in [0.05, 0.1) is 13.0 Å². The standard InChI is InChI=1S/C13H18N2O3/c1-8-3-4-10(5-9(8)2)6-12(17)15-7-11(16)13(14)18/h3-5,11,16H,6-7H2,1-2H3,(H2,14,18)(H,15,17). The number of rotatable bonds is 5. The van der Waals surface area contributed by atoms with Crippen LogP contribution in [0.15, 0.2) is 18.2 Å². The third kappa shape index (κ3) is 4.18. The molecule has 1 aromatic carbocycles. The second kappa shape index (κ2) is 6.16. The van der Waals surface area contributed by atoms with Crippen LogP contribution in [0.4, 0.5) is 0 Å². The zero-order valence-electron chi connectivity index (χ0n) is 10.6. The minimum atomic E-state index is -1.34. The quantitative estimate of drug-likeness (QED) is 0.676. The van der Waals surface area contributed by atoms with Crippen molar-refractivity contribution in [3.63, 3.8) is 0 Å². The molecule has 5 heteroatoms. The number of aliphatic hydroxyl groups is 1. The van der Waals surface area contributed by atoms with Crippen molar-refractivity contribution >= 4 is 11.8 Å². The molecule has 2 amide bonds. The molecule has 0 radical (unpaired) electrons. The average molecular weight is 250 g/mol. The molecule has 98 valence electrons. The van der Waals surface area contributed by atoms with Gasteiger partial charge in [-0.05, 0) is 30.5 Å². The molecule has 1 aromatic rings. The van der Waals surface area contributed by atoms with Crippen LogP contribution in [-0.4, -0.2) is 29.6 Å². The van der Waals surface area contributed by atoms with Gasteiger partial charge < -0.3 is 16.2 Å². The first-order valence-corrected chi connectivity index (χ1v) is 5.70. The summed E-state index contributed by atoms with van der Waals surface area (Å²) in [6, 6.07) is 5.78. The Kier molecular flexibility index (Phi) is 4.85. The Bertz CT molecular complexity index is 458. The molecule has 0 saturated carbocycles. The molecule has 1 unspecified atom stereocenters. The van der Waals surface area contributed by atoms with Gasteiger partial charge in [-0.3, -0.25) is 9.59 Å². The molecule has 1 rings (SSSR count). The number of carbonyl (C=O) groups is 2. The van der Waals surface area contributed by atoms with Gasteiger partial charge in [0.15, 0.2) is 0 Å². The number of nitrogens with one attached hydrogen (secondary N) is 1. The Morgan fingerprint density at radius 2 is 2.00 bits per heavy atom. The first-order chi connectivity index (χ1) is 8.40. The van der Waals surface area contributed by atoms with Gasteiger partial charge in [-0.15, -0.1) is 0 Å². The first-order valence-electron chi connectivity index (χ1n) is 5.70. The fourth-order valence-corrected chi connectivity index (χ4v) is 1.47. The molecule has 0 saturated heterocycles. The van der Waals surface area contributed by atoms with Crippen LogP contribution in [0.2, 0.25) is 0 Å². The maximum Gasteiger partial charge on any atom is 0.248 e. The summed E-state index contributed by atoms with van der Waals surface area (Å²) >= 11 is 0. The van der Waals surface area contributed by atoms with Crippen molar-refractivity contribution in [2.75, 3.05) is 6.54 Å². The molecule has 0 bridgehead atoms. The third-order valence-corrected chi connectivity index (χ3v) is 2.76. The topological polar surface area (TPSA) is 92.4 Å². The van der Waals surface area contributed by atoms with E-state index in [2.05, 4.69) is 5.32 Å². The van der Waals surface area contributed by atoms with Gasteiger partial charge in [0.2, 0.25) is 11.8 Å². The molecule has 0 aliphatic heterocycles. The van der Waals surface area contributed by atoms with Gasteiger partial charge >= 0.3 is 0 Å². The third-order valence-electron chi connectivity index (χ3n) is 2.76. The largest absolute Gasteiger partial charge is 0.381 e. The number of aliphatic hydroxyl groups excluding tert-OH is 1. The van der Waals surface area contributed by atoms with E-state index in [4.69, 9.17) is 10.8 Å². The Morgan fingerprint density at radius 3 is 2.56 bits per heavy atom. The highest BCUT2D eigenvalue weighted by Crippen LogP contribution is 2.10. The van der Waals surface area contributed by atoms with E-state index in [1.54, 1.807) is 0 Å². The van der Waals surface area contributed by atoms with E-state index < -0.39 is 12.0 Å². The van der Waals surface area contributed by atoms with E-state index >= 15 is 0 Å². The predicted molar refractivity (Wildman–Crippen MR) is 67.8 cm³/mol. The number of hydrogen-bond acceptors (Lipinski definition) is 3. The molecule has 0 aliphatic carbocycles. The van der Waals surface area contributed by atoms with Crippen molar-refractivity contribution in [3.8, 4) is 0 Å². The number of carbonyl (C=O) groups excluding carboxylic acids is 2. The second-order valence-corrected chi connectivity index (χ2v) is 4.32. The second-order valence-electron chi connectivity index (χ2n) is 4.32. The smallest absolute Gasteiger partial charge is 0.248 e. The van der Waals surface area contributed by atoms with E-state index in [1.807, 2.05) is 32.0 Å². The highest BCUT2D eigenvalue weighted by atomic mass is 16.3. The molecular weight excluding hydrogens is 232 g/mol. The number of hydrogen-bond donors (Lipinski definition) is 3. The molecule has 0 fully saturated rings. The number of benzene rings is 1. The SMILES string of the molecule is Cc1ccc(CC(=O)NCC(O)C(N)=O)cc1C. The summed E-state index contributed by atoms with van der Waals surface area (Å²) in [6.45, 7) is 3.83. The summed E-state index contributed by atoms with van der Waals surface area (Å²) in [5, 5.41) is 11.6. The Hall–Kier alpha value is -1.88. The van der Waals surface area contributed by atoms with E-state index in [1.165, 1.54) is 5.56 Å². The van der Waals surface area contributed by atoms with E-state index in [9.17, 15) is 9.59 Å². The maximum absolute atomic E-state index is 11.6. The number of primary amides is 1. The lowest BCUT2D eigenvalue weighted by molar-refractivity contribution is -0.126. The van der Waals surface area contributed by atoms with Crippen LogP contribution in [0.25, 0.3) is 0 Å². The minimum absolute atomic E-state index is 0.154. The first kappa shape index (κ1) is 14.2. The molecule has 1 atom stereocenters. The maximum atomic E-state index is 11.6. The zero-order chi connectivity index (χ0) is 13.7. The molecule has 0 aromatic heterocycles. The van der Waals surface area contributed by atoms with Gasteiger partial charge in [-0.2, -0.15) is 0 Å². The van der Waals surface area contributed by atoms with Crippen molar-refractivity contribution < 1.29 is 14.7 Å². The van der Waals surface area contributed by atoms with Crippen LogP contribution in [-0.2, 0) is 16.0 Å². The number of amides is 2. The van der Waals surface area contributed by atoms with Crippen LogP contribution in [0.3, 0.4) is 0 Å². The van der Waals surface area contributed by atoms with Crippen LogP contribution < -0.4 is 11.1 Å². The Labute approximate surface area is 106 Å². The van der Waals surface area contributed by atoms with Gasteiger partial charge in [-0.25, -0.2) is 0 Å². The highest BCUT2D eigenvalue weighted by Gasteiger charge is 2.12. The molecular formula is C13H18N2O3. The summed E-state index contributed by atoms with van der Waals surface area (Å²) in [4.78, 5) is 22.1. The van der Waals surface area contributed by atoms with Crippen LogP contribution in [0.5, 0.6) is 0 Å². The van der Waals surface area contributed by atoms with E-state index in [0.29, 0.717) is 0 Å². The lowest BCUT2D eigenvalue weighted by Crippen LogP contribution is -2.40. The van der Waals surface area contributed by atoms with Gasteiger partial charge in [0.1, 0.15) is 6.10 Å². The van der Waals surface area contributed by atoms with Crippen molar-refractivity contribution in [2.45, 2.75) is 26.4 Å². The lowest BCUT2D eigenvalue weighted by Gasteiger charge is -2.09. The van der Waals surface area contributed by atoms with E-state index in [-0.39, 0.29) is 18.9 Å². The van der Waals surface area contributed by atoms with Crippen LogP contribution >= 0.6 is 0 Å². The van der Waals surface area contributed by atoms with Gasteiger partial charge in [-0.1, -0.05) is 18.2 Å². The average Bonchev–Trinajstić information content (AvgIpc) is 2.30. The number of aryl methyl sites for hydroxylation is 2. The van der Waals surface area contributed by atoms with Crippen molar-refractivity contribution in [1.82, 2.24) is 5.32 Å². The fourth-order valence-electron chi connectivity index (χ4n) is 1.47. The van der Waals surface area contributed by atoms with Crippen molar-refractivity contribution in [3.05, 3.63) is 34.9 Å². The number of nitrogens with two attached hydrogens (primary N) is 1. The molecule has 5 nitrogen and oxygen atoms in total. The highest BCUT2D eigenvalue weighted by molar-refractivity contribution is 5.81. The van der Waals surface area contributed by atoms with Crippen LogP contribution in [0.1, 0.15) is 16.7 Å². The van der Waals surface area contributed by atoms with E-state index in [0.717, 1.165) is 11.1 Å². The molecule has 4 N–H and O–H groups in total. The van der Waals surface area contributed by atoms with Gasteiger partial charge in [0, 0.05) is 0 Å². The van der Waals surface area contributed by atoms with Gasteiger partial charge in [0.25, 0.3) is 0 Å². The summed E-state index contributed by atoms with van der Waals surface area (Å²) in [5.74, 6) is -1.10. The van der Waals surface area contributed by atoms with Crippen molar-refractivity contribution in [1.29, 1.82) is 0 Å². The molecule has 0 aliphatic rings. The Balaban J connectivity index is 2.49. The van der Waals surface area contributed by atoms with Crippen molar-refractivity contribution in [2.24, 2.45) is 5.73 Å². The minimum Gasteiger partial charge on any atom is -0.381 e. The molecule has 0 heterocycles. The molecule has 18 heavy (non-hydrogen) atoms. The molecule has 0 spiro atoms. The lowest BCUT2D eigenvalue weighted by atomic mass is 10.0. The Morgan fingerprint density at radius 1 is 1.33 bits per heavy atom. The monoisotopic (exact) mass is 250 g/mol.